The van der Waals surface area contributed by atoms with E-state index in [9.17, 15) is 9.59 Å². The lowest BCUT2D eigenvalue weighted by Crippen LogP contribution is -2.33. The Kier molecular flexibility index (Phi) is 5.44. The molecule has 1 rings (SSSR count). The number of nitrogens with two attached hydrogens (primary N) is 1. The molecule has 0 aromatic heterocycles. The van der Waals surface area contributed by atoms with Crippen molar-refractivity contribution in [3.05, 3.63) is 30.3 Å². The van der Waals surface area contributed by atoms with Crippen LogP contribution in [-0.4, -0.2) is 22.0 Å². The van der Waals surface area contributed by atoms with Crippen molar-refractivity contribution in [2.75, 3.05) is 5.32 Å². The fraction of sp³-hybridized carbons (Fsp3) is 0.308. The van der Waals surface area contributed by atoms with Crippen LogP contribution in [-0.2, 0) is 9.59 Å². The van der Waals surface area contributed by atoms with E-state index in [1.165, 1.54) is 0 Å². The highest BCUT2D eigenvalue weighted by molar-refractivity contribution is 7.80. The Bertz CT molecular complexity index is 476. The summed E-state index contributed by atoms with van der Waals surface area (Å²) in [7, 11) is 0. The van der Waals surface area contributed by atoms with Crippen molar-refractivity contribution in [3.8, 4) is 0 Å². The van der Waals surface area contributed by atoms with Crippen molar-refractivity contribution >= 4 is 34.8 Å². The number of hydrogen-bond donors (Lipinski definition) is 3. The first-order chi connectivity index (χ1) is 8.91. The Morgan fingerprint density at radius 1 is 1.37 bits per heavy atom. The second-order valence-electron chi connectivity index (χ2n) is 4.26. The third-order valence-electron chi connectivity index (χ3n) is 2.80. The van der Waals surface area contributed by atoms with Crippen LogP contribution in [0.1, 0.15) is 13.3 Å². The van der Waals surface area contributed by atoms with Gasteiger partial charge < -0.3 is 16.2 Å². The van der Waals surface area contributed by atoms with Gasteiger partial charge in [0.1, 0.15) is 0 Å². The average Bonchev–Trinajstić information content (AvgIpc) is 2.35. The number of carbonyl (C=O) groups excluding carboxylic acids is 1. The highest BCUT2D eigenvalue weighted by Crippen LogP contribution is 2.19. The van der Waals surface area contributed by atoms with Crippen LogP contribution in [0.2, 0.25) is 0 Å². The molecular weight excluding hydrogens is 264 g/mol. The summed E-state index contributed by atoms with van der Waals surface area (Å²) in [6.07, 6.45) is -0.229. The van der Waals surface area contributed by atoms with E-state index < -0.39 is 23.7 Å². The number of anilines is 1. The number of carboxylic acids is 1. The van der Waals surface area contributed by atoms with Crippen LogP contribution in [0.15, 0.2) is 30.3 Å². The minimum Gasteiger partial charge on any atom is -0.481 e. The van der Waals surface area contributed by atoms with Crippen molar-refractivity contribution < 1.29 is 14.7 Å². The van der Waals surface area contributed by atoms with E-state index in [0.717, 1.165) is 5.69 Å². The summed E-state index contributed by atoms with van der Waals surface area (Å²) in [5.41, 5.74) is 5.84. The predicted octanol–water partition coefficient (Wildman–Crippen LogP) is 1.64. The van der Waals surface area contributed by atoms with Gasteiger partial charge in [-0.25, -0.2) is 0 Å². The molecule has 5 nitrogen and oxygen atoms in total. The monoisotopic (exact) mass is 280 g/mol. The molecule has 0 aliphatic heterocycles. The molecule has 4 N–H and O–H groups in total. The maximum atomic E-state index is 11.1. The van der Waals surface area contributed by atoms with E-state index in [2.05, 4.69) is 5.32 Å². The second-order valence-corrected chi connectivity index (χ2v) is 4.70. The fourth-order valence-electron chi connectivity index (χ4n) is 1.66. The second kappa shape index (κ2) is 6.84. The normalized spacial score (nSPS) is 13.3. The standard InChI is InChI=1S/C13H16N2O3S/c1-8(10(13(17)18)7-11(14)16)12(19)15-9-5-3-2-4-6-9/h2-6,8,10H,7H2,1H3,(H2,14,16)(H,15,19)(H,17,18)/t8-,10?/m0/s1. The SMILES string of the molecule is C[C@H](C(=S)Nc1ccccc1)C(CC(N)=O)C(=O)O. The number of aliphatic carboxylic acids is 1. The van der Waals surface area contributed by atoms with Crippen molar-refractivity contribution in [2.24, 2.45) is 17.6 Å². The van der Waals surface area contributed by atoms with E-state index in [0.29, 0.717) is 4.99 Å². The van der Waals surface area contributed by atoms with Crippen molar-refractivity contribution in [2.45, 2.75) is 13.3 Å². The minimum absolute atomic E-state index is 0.229. The predicted molar refractivity (Wildman–Crippen MR) is 76.8 cm³/mol. The number of nitrogens with one attached hydrogen (secondary N) is 1. The van der Waals surface area contributed by atoms with E-state index in [-0.39, 0.29) is 6.42 Å². The molecule has 0 heterocycles. The molecular formula is C13H16N2O3S. The quantitative estimate of drug-likeness (QED) is 0.689. The highest BCUT2D eigenvalue weighted by Gasteiger charge is 2.29. The van der Waals surface area contributed by atoms with Crippen molar-refractivity contribution in [3.63, 3.8) is 0 Å². The van der Waals surface area contributed by atoms with Crippen molar-refractivity contribution in [1.29, 1.82) is 0 Å². The average molecular weight is 280 g/mol. The zero-order valence-electron chi connectivity index (χ0n) is 10.5. The van der Waals surface area contributed by atoms with Crippen LogP contribution in [0.4, 0.5) is 5.69 Å². The maximum Gasteiger partial charge on any atom is 0.307 e. The summed E-state index contributed by atoms with van der Waals surface area (Å²) < 4.78 is 0. The third-order valence-corrected chi connectivity index (χ3v) is 3.27. The van der Waals surface area contributed by atoms with Crippen LogP contribution in [0.3, 0.4) is 0 Å². The summed E-state index contributed by atoms with van der Waals surface area (Å²) in [6.45, 7) is 1.67. The third kappa shape index (κ3) is 4.67. The van der Waals surface area contributed by atoms with Crippen LogP contribution in [0.5, 0.6) is 0 Å². The van der Waals surface area contributed by atoms with Gasteiger partial charge in [0, 0.05) is 18.0 Å². The van der Waals surface area contributed by atoms with Gasteiger partial charge in [0.05, 0.1) is 10.9 Å². The van der Waals surface area contributed by atoms with Gasteiger partial charge in [0.15, 0.2) is 0 Å². The largest absolute Gasteiger partial charge is 0.481 e. The molecule has 2 atom stereocenters. The van der Waals surface area contributed by atoms with Gasteiger partial charge >= 0.3 is 5.97 Å². The Morgan fingerprint density at radius 2 is 1.95 bits per heavy atom. The molecule has 1 amide bonds. The van der Waals surface area contributed by atoms with Gasteiger partial charge in [-0.1, -0.05) is 37.3 Å². The lowest BCUT2D eigenvalue weighted by molar-refractivity contribution is -0.144. The number of carboxylic acid groups (broad SMARTS) is 1. The van der Waals surface area contributed by atoms with E-state index in [4.69, 9.17) is 23.1 Å². The zero-order valence-corrected chi connectivity index (χ0v) is 11.3. The smallest absolute Gasteiger partial charge is 0.307 e. The number of hydrogen-bond acceptors (Lipinski definition) is 3. The van der Waals surface area contributed by atoms with Crippen LogP contribution in [0, 0.1) is 11.8 Å². The Balaban J connectivity index is 2.73. The maximum absolute atomic E-state index is 11.1. The molecule has 0 aliphatic rings. The molecule has 1 aromatic rings. The lowest BCUT2D eigenvalue weighted by Gasteiger charge is -2.20. The van der Waals surface area contributed by atoms with E-state index in [1.54, 1.807) is 6.92 Å². The molecule has 1 aromatic carbocycles. The summed E-state index contributed by atoms with van der Waals surface area (Å²) in [5, 5.41) is 12.1. The first-order valence-electron chi connectivity index (χ1n) is 5.79. The van der Waals surface area contributed by atoms with Gasteiger partial charge in [0.2, 0.25) is 5.91 Å². The van der Waals surface area contributed by atoms with Gasteiger partial charge in [-0.2, -0.15) is 0 Å². The highest BCUT2D eigenvalue weighted by atomic mass is 32.1. The molecule has 0 fully saturated rings. The fourth-order valence-corrected chi connectivity index (χ4v) is 1.94. The van der Waals surface area contributed by atoms with E-state index >= 15 is 0 Å². The molecule has 0 saturated carbocycles. The first-order valence-corrected chi connectivity index (χ1v) is 6.19. The number of benzene rings is 1. The number of rotatable bonds is 6. The van der Waals surface area contributed by atoms with Gasteiger partial charge in [0.25, 0.3) is 0 Å². The minimum atomic E-state index is -1.08. The van der Waals surface area contributed by atoms with Gasteiger partial charge in [-0.15, -0.1) is 0 Å². The number of primary amides is 1. The van der Waals surface area contributed by atoms with Gasteiger partial charge in [-0.3, -0.25) is 9.59 Å². The molecule has 0 aliphatic carbocycles. The summed E-state index contributed by atoms with van der Waals surface area (Å²) in [4.78, 5) is 22.4. The van der Waals surface area contributed by atoms with Crippen LogP contribution < -0.4 is 11.1 Å². The topological polar surface area (TPSA) is 92.4 Å². The van der Waals surface area contributed by atoms with Crippen LogP contribution >= 0.6 is 12.2 Å². The van der Waals surface area contributed by atoms with E-state index in [1.807, 2.05) is 30.3 Å². The molecule has 0 saturated heterocycles. The first kappa shape index (κ1) is 15.1. The van der Waals surface area contributed by atoms with Crippen LogP contribution in [0.25, 0.3) is 0 Å². The molecule has 6 heteroatoms. The Morgan fingerprint density at radius 3 is 2.42 bits per heavy atom. The summed E-state index contributed by atoms with van der Waals surface area (Å²) >= 11 is 5.18. The number of para-hydroxylation sites is 1. The Hall–Kier alpha value is -1.95. The van der Waals surface area contributed by atoms with Gasteiger partial charge in [-0.05, 0) is 12.1 Å². The molecule has 102 valence electrons. The number of thiocarbonyl (C=S) groups is 1. The lowest BCUT2D eigenvalue weighted by atomic mass is 9.90. The molecule has 1 unspecified atom stereocenters. The molecule has 0 spiro atoms. The summed E-state index contributed by atoms with van der Waals surface area (Å²) in [6, 6.07) is 9.19. The molecule has 0 radical (unpaired) electrons. The number of carbonyl (C=O) groups is 2. The Labute approximate surface area is 116 Å². The zero-order chi connectivity index (χ0) is 14.4. The summed E-state index contributed by atoms with van der Waals surface area (Å²) in [5.74, 6) is -3.13. The molecule has 0 bridgehead atoms. The number of amides is 1. The molecule has 19 heavy (non-hydrogen) atoms. The van der Waals surface area contributed by atoms with Crippen molar-refractivity contribution in [1.82, 2.24) is 0 Å².